The molecule has 0 amide bonds. The largest absolute Gasteiger partial charge is 0.462 e. The molecule has 0 aliphatic rings. The minimum absolute atomic E-state index is 0.0739. The monoisotopic (exact) mass is 843 g/mol. The summed E-state index contributed by atoms with van der Waals surface area (Å²) in [6.45, 7) is 6.48. The molecular formula is C54H98O6. The summed E-state index contributed by atoms with van der Waals surface area (Å²) in [7, 11) is 0. The molecule has 0 aromatic carbocycles. The first-order valence-corrected chi connectivity index (χ1v) is 26.0. The fourth-order valence-corrected chi connectivity index (χ4v) is 7.42. The van der Waals surface area contributed by atoms with E-state index in [4.69, 9.17) is 14.2 Å². The fourth-order valence-electron chi connectivity index (χ4n) is 7.42. The average molecular weight is 843 g/mol. The zero-order valence-electron chi connectivity index (χ0n) is 40.0. The smallest absolute Gasteiger partial charge is 0.306 e. The van der Waals surface area contributed by atoms with E-state index < -0.39 is 6.10 Å². The van der Waals surface area contributed by atoms with Gasteiger partial charge in [0, 0.05) is 19.3 Å². The van der Waals surface area contributed by atoms with Gasteiger partial charge in [0.2, 0.25) is 0 Å². The molecule has 0 spiro atoms. The molecule has 0 radical (unpaired) electrons. The first-order chi connectivity index (χ1) is 29.5. The van der Waals surface area contributed by atoms with E-state index in [1.165, 1.54) is 141 Å². The molecule has 1 unspecified atom stereocenters. The maximum Gasteiger partial charge on any atom is 0.306 e. The molecular weight excluding hydrogens is 745 g/mol. The van der Waals surface area contributed by atoms with Crippen LogP contribution in [-0.2, 0) is 28.6 Å². The van der Waals surface area contributed by atoms with E-state index in [1.807, 2.05) is 0 Å². The van der Waals surface area contributed by atoms with Crippen molar-refractivity contribution < 1.29 is 28.6 Å². The van der Waals surface area contributed by atoms with Crippen LogP contribution in [0.25, 0.3) is 0 Å². The van der Waals surface area contributed by atoms with Crippen molar-refractivity contribution in [2.45, 2.75) is 277 Å². The molecule has 60 heavy (non-hydrogen) atoms. The predicted octanol–water partition coefficient (Wildman–Crippen LogP) is 16.9. The second-order valence-electron chi connectivity index (χ2n) is 17.4. The van der Waals surface area contributed by atoms with Crippen molar-refractivity contribution in [2.24, 2.45) is 0 Å². The normalized spacial score (nSPS) is 12.2. The maximum absolute atomic E-state index is 12.6. The lowest BCUT2D eigenvalue weighted by atomic mass is 10.0. The molecule has 0 heterocycles. The average Bonchev–Trinajstić information content (AvgIpc) is 3.24. The SMILES string of the molecule is CCC/C=C\CCCCCCCC(=O)OC(COC(=O)CCCCCCC)COC(=O)CCCCCCCCCCCCCCCCC/C=C\C/C=C\CCCCCCC. The minimum atomic E-state index is -0.768. The number of carbonyl (C=O) groups is 3. The summed E-state index contributed by atoms with van der Waals surface area (Å²) in [5, 5.41) is 0. The highest BCUT2D eigenvalue weighted by Crippen LogP contribution is 2.16. The molecule has 6 nitrogen and oxygen atoms in total. The van der Waals surface area contributed by atoms with Crippen LogP contribution in [-0.4, -0.2) is 37.2 Å². The number of unbranched alkanes of at least 4 members (excludes halogenated alkanes) is 30. The van der Waals surface area contributed by atoms with E-state index in [0.717, 1.165) is 89.9 Å². The number of rotatable bonds is 47. The van der Waals surface area contributed by atoms with Crippen molar-refractivity contribution >= 4 is 17.9 Å². The third kappa shape index (κ3) is 46.7. The molecule has 0 saturated carbocycles. The van der Waals surface area contributed by atoms with Gasteiger partial charge in [-0.2, -0.15) is 0 Å². The van der Waals surface area contributed by atoms with Crippen LogP contribution in [0.3, 0.4) is 0 Å². The second-order valence-corrected chi connectivity index (χ2v) is 17.4. The quantitative estimate of drug-likeness (QED) is 0.0263. The van der Waals surface area contributed by atoms with E-state index in [1.54, 1.807) is 0 Å². The summed E-state index contributed by atoms with van der Waals surface area (Å²) >= 11 is 0. The highest BCUT2D eigenvalue weighted by molar-refractivity contribution is 5.71. The van der Waals surface area contributed by atoms with Crippen LogP contribution in [0, 0.1) is 0 Å². The summed E-state index contributed by atoms with van der Waals surface area (Å²) in [6, 6.07) is 0. The molecule has 0 bridgehead atoms. The van der Waals surface area contributed by atoms with Gasteiger partial charge in [0.05, 0.1) is 0 Å². The Labute approximate surface area is 372 Å². The van der Waals surface area contributed by atoms with Crippen molar-refractivity contribution in [2.75, 3.05) is 13.2 Å². The molecule has 0 aliphatic heterocycles. The Morgan fingerprint density at radius 3 is 1.00 bits per heavy atom. The lowest BCUT2D eigenvalue weighted by Gasteiger charge is -2.18. The van der Waals surface area contributed by atoms with E-state index in [9.17, 15) is 14.4 Å². The minimum Gasteiger partial charge on any atom is -0.462 e. The van der Waals surface area contributed by atoms with Crippen LogP contribution >= 0.6 is 0 Å². The first-order valence-electron chi connectivity index (χ1n) is 26.0. The number of esters is 3. The zero-order valence-corrected chi connectivity index (χ0v) is 40.0. The third-order valence-corrected chi connectivity index (χ3v) is 11.3. The predicted molar refractivity (Wildman–Crippen MR) is 256 cm³/mol. The van der Waals surface area contributed by atoms with Gasteiger partial charge >= 0.3 is 17.9 Å². The van der Waals surface area contributed by atoms with Crippen LogP contribution in [0.15, 0.2) is 36.5 Å². The Balaban J connectivity index is 3.95. The van der Waals surface area contributed by atoms with Crippen molar-refractivity contribution in [3.8, 4) is 0 Å². The Morgan fingerprint density at radius 1 is 0.333 bits per heavy atom. The molecule has 0 fully saturated rings. The lowest BCUT2D eigenvalue weighted by Crippen LogP contribution is -2.30. The summed E-state index contributed by atoms with van der Waals surface area (Å²) in [5.41, 5.74) is 0. The van der Waals surface area contributed by atoms with Gasteiger partial charge in [-0.3, -0.25) is 14.4 Å². The Hall–Kier alpha value is -2.37. The van der Waals surface area contributed by atoms with Crippen molar-refractivity contribution in [3.05, 3.63) is 36.5 Å². The van der Waals surface area contributed by atoms with Crippen LogP contribution in [0.1, 0.15) is 271 Å². The van der Waals surface area contributed by atoms with Gasteiger partial charge in [-0.05, 0) is 70.6 Å². The third-order valence-electron chi connectivity index (χ3n) is 11.3. The van der Waals surface area contributed by atoms with Gasteiger partial charge in [-0.25, -0.2) is 0 Å². The van der Waals surface area contributed by atoms with E-state index in [2.05, 4.69) is 57.2 Å². The number of hydrogen-bond donors (Lipinski definition) is 0. The maximum atomic E-state index is 12.6. The van der Waals surface area contributed by atoms with Crippen molar-refractivity contribution in [3.63, 3.8) is 0 Å². The van der Waals surface area contributed by atoms with E-state index in [-0.39, 0.29) is 31.1 Å². The molecule has 0 aliphatic carbocycles. The summed E-state index contributed by atoms with van der Waals surface area (Å²) in [5.74, 6) is -0.893. The van der Waals surface area contributed by atoms with Crippen LogP contribution in [0.2, 0.25) is 0 Å². The second kappa shape index (κ2) is 49.3. The van der Waals surface area contributed by atoms with Crippen LogP contribution < -0.4 is 0 Å². The van der Waals surface area contributed by atoms with Crippen LogP contribution in [0.4, 0.5) is 0 Å². The molecule has 6 heteroatoms. The van der Waals surface area contributed by atoms with Gasteiger partial charge < -0.3 is 14.2 Å². The van der Waals surface area contributed by atoms with E-state index >= 15 is 0 Å². The summed E-state index contributed by atoms with van der Waals surface area (Å²) in [4.78, 5) is 37.5. The molecule has 0 aromatic rings. The highest BCUT2D eigenvalue weighted by atomic mass is 16.6. The van der Waals surface area contributed by atoms with Crippen LogP contribution in [0.5, 0.6) is 0 Å². The topological polar surface area (TPSA) is 78.9 Å². The van der Waals surface area contributed by atoms with Crippen molar-refractivity contribution in [1.82, 2.24) is 0 Å². The van der Waals surface area contributed by atoms with Gasteiger partial charge in [0.1, 0.15) is 13.2 Å². The molecule has 0 N–H and O–H groups in total. The molecule has 0 rings (SSSR count). The zero-order chi connectivity index (χ0) is 43.7. The molecule has 350 valence electrons. The van der Waals surface area contributed by atoms with E-state index in [0.29, 0.717) is 19.3 Å². The number of ether oxygens (including phenoxy) is 3. The lowest BCUT2D eigenvalue weighted by molar-refractivity contribution is -0.167. The van der Waals surface area contributed by atoms with Gasteiger partial charge in [-0.15, -0.1) is 0 Å². The van der Waals surface area contributed by atoms with Crippen molar-refractivity contribution in [1.29, 1.82) is 0 Å². The first kappa shape index (κ1) is 57.6. The fraction of sp³-hybridized carbons (Fsp3) is 0.833. The molecule has 0 saturated heterocycles. The molecule has 0 aromatic heterocycles. The van der Waals surface area contributed by atoms with Gasteiger partial charge in [0.15, 0.2) is 6.10 Å². The Morgan fingerprint density at radius 2 is 0.633 bits per heavy atom. The summed E-state index contributed by atoms with van der Waals surface area (Å²) < 4.78 is 16.6. The molecule has 1 atom stereocenters. The Bertz CT molecular complexity index is 1020. The van der Waals surface area contributed by atoms with Gasteiger partial charge in [-0.1, -0.05) is 218 Å². The standard InChI is InChI=1S/C54H98O6/c1-4-7-10-13-15-17-19-20-21-22-23-24-25-26-27-28-29-30-31-32-33-34-35-37-38-41-44-47-53(56)59-50-51(49-58-52(55)46-43-40-12-9-6-3)60-54(57)48-45-42-39-36-18-16-14-11-8-5-2/h11,14,19-20,22-23,51H,4-10,12-13,15-18,21,24-50H2,1-3H3/b14-11-,20-19-,23-22-. The highest BCUT2D eigenvalue weighted by Gasteiger charge is 2.19. The number of carbonyl (C=O) groups excluding carboxylic acids is 3. The number of allylic oxidation sites excluding steroid dienone is 6. The van der Waals surface area contributed by atoms with Gasteiger partial charge in [0.25, 0.3) is 0 Å². The number of hydrogen-bond acceptors (Lipinski definition) is 6. The summed E-state index contributed by atoms with van der Waals surface area (Å²) in [6.07, 6.45) is 57.6. The Kier molecular flexibility index (Phi) is 47.3.